The Balaban J connectivity index is 0.000000971. The summed E-state index contributed by atoms with van der Waals surface area (Å²) in [6, 6.07) is 14.7. The van der Waals surface area contributed by atoms with Crippen LogP contribution in [0.2, 0.25) is 0 Å². The molecule has 4 nitrogen and oxygen atoms in total. The molecule has 4 rings (SSSR count). The van der Waals surface area contributed by atoms with E-state index in [1.807, 2.05) is 57.7 Å². The van der Waals surface area contributed by atoms with Gasteiger partial charge in [0.05, 0.1) is 6.42 Å². The van der Waals surface area contributed by atoms with Gasteiger partial charge in [-0.3, -0.25) is 4.79 Å². The van der Waals surface area contributed by atoms with E-state index >= 15 is 0 Å². The van der Waals surface area contributed by atoms with E-state index in [1.54, 1.807) is 6.92 Å². The Hall–Kier alpha value is -1.65. The monoisotopic (exact) mass is 508 g/mol. The number of aromatic nitrogens is 3. The first-order valence-corrected chi connectivity index (χ1v) is 11.3. The molecule has 0 N–H and O–H groups in total. The van der Waals surface area contributed by atoms with E-state index in [0.717, 1.165) is 24.4 Å². The smallest absolute Gasteiger partial charge is 0.249 e. The van der Waals surface area contributed by atoms with Crippen LogP contribution in [0.1, 0.15) is 76.0 Å². The molecule has 0 spiro atoms. The maximum Gasteiger partial charge on any atom is 0.249 e. The van der Waals surface area contributed by atoms with Crippen molar-refractivity contribution in [3.05, 3.63) is 79.2 Å². The number of nitrogens with zero attached hydrogens (tertiary/aromatic N) is 3. The topological polar surface area (TPSA) is 38.8 Å². The molecular weight excluding hydrogens is 471 g/mol. The van der Waals surface area contributed by atoms with E-state index in [1.165, 1.54) is 11.1 Å². The van der Waals surface area contributed by atoms with Gasteiger partial charge in [-0.25, -0.2) is 4.98 Å². The van der Waals surface area contributed by atoms with Crippen LogP contribution in [0.4, 0.5) is 0 Å². The predicted octanol–water partition coefficient (Wildman–Crippen LogP) is 6.12. The molecule has 2 atom stereocenters. The van der Waals surface area contributed by atoms with E-state index in [0.29, 0.717) is 6.42 Å². The summed E-state index contributed by atoms with van der Waals surface area (Å²) >= 11 is 0. The first kappa shape index (κ1) is 28.4. The molecule has 3 aromatic rings. The predicted molar refractivity (Wildman–Crippen MR) is 128 cm³/mol. The third kappa shape index (κ3) is 5.82. The van der Waals surface area contributed by atoms with Gasteiger partial charge >= 0.3 is 0 Å². The van der Waals surface area contributed by atoms with Gasteiger partial charge < -0.3 is 11.5 Å². The third-order valence-corrected chi connectivity index (χ3v) is 6.10. The zero-order valence-corrected chi connectivity index (χ0v) is 23.3. The summed E-state index contributed by atoms with van der Waals surface area (Å²) in [5, 5.41) is 0. The maximum atomic E-state index is 12.5. The molecule has 1 aliphatic rings. The second-order valence-corrected chi connectivity index (χ2v) is 7.80. The zero-order valence-electron chi connectivity index (χ0n) is 20.5. The molecule has 1 aliphatic heterocycles. The van der Waals surface area contributed by atoms with E-state index in [-0.39, 0.29) is 49.9 Å². The van der Waals surface area contributed by atoms with Crippen LogP contribution in [-0.2, 0) is 45.2 Å². The molecular formula is C27H37N3OY. The normalized spacial score (nSPS) is 15.8. The summed E-state index contributed by atoms with van der Waals surface area (Å²) in [7, 11) is 2.03. The molecule has 0 bridgehead atoms. The van der Waals surface area contributed by atoms with Crippen molar-refractivity contribution >= 4 is 5.78 Å². The van der Waals surface area contributed by atoms with E-state index < -0.39 is 0 Å². The van der Waals surface area contributed by atoms with Gasteiger partial charge in [0.2, 0.25) is 11.5 Å². The second kappa shape index (κ2) is 13.2. The van der Waals surface area contributed by atoms with Gasteiger partial charge in [-0.2, -0.15) is 11.5 Å². The molecule has 169 valence electrons. The minimum Gasteiger partial charge on any atom is -0.346 e. The molecule has 1 radical (unpaired) electrons. The van der Waals surface area contributed by atoms with Crippen molar-refractivity contribution in [2.24, 2.45) is 7.05 Å². The average Bonchev–Trinajstić information content (AvgIpc) is 3.39. The van der Waals surface area contributed by atoms with Crippen molar-refractivity contribution in [1.29, 1.82) is 0 Å². The molecule has 0 aliphatic carbocycles. The molecule has 0 saturated heterocycles. The van der Waals surface area contributed by atoms with Crippen molar-refractivity contribution in [3.63, 3.8) is 0 Å². The van der Waals surface area contributed by atoms with Crippen LogP contribution < -0.4 is 4.57 Å². The van der Waals surface area contributed by atoms with Crippen LogP contribution in [-0.4, -0.2) is 15.3 Å². The molecule has 0 saturated carbocycles. The van der Waals surface area contributed by atoms with E-state index in [2.05, 4.69) is 59.2 Å². The Kier molecular flexibility index (Phi) is 11.7. The molecule has 1 unspecified atom stereocenters. The van der Waals surface area contributed by atoms with E-state index in [4.69, 9.17) is 0 Å². The van der Waals surface area contributed by atoms with Gasteiger partial charge in [0.15, 0.2) is 12.2 Å². The number of ketones is 1. The number of carbonyl (C=O) groups excluding carboxylic acids is 1. The van der Waals surface area contributed by atoms with Crippen molar-refractivity contribution in [2.45, 2.75) is 65.3 Å². The van der Waals surface area contributed by atoms with Gasteiger partial charge in [-0.15, -0.1) is 0 Å². The minimum absolute atomic E-state index is 0. The number of carbonyl (C=O) groups is 1. The number of pyridine rings is 1. The Bertz CT molecular complexity index is 998. The Labute approximate surface area is 219 Å². The maximum absolute atomic E-state index is 12.5. The molecule has 2 aromatic heterocycles. The van der Waals surface area contributed by atoms with Crippen molar-refractivity contribution in [1.82, 2.24) is 9.55 Å². The van der Waals surface area contributed by atoms with Crippen LogP contribution in [0.25, 0.3) is 11.4 Å². The average molecular weight is 509 g/mol. The summed E-state index contributed by atoms with van der Waals surface area (Å²) < 4.78 is 4.23. The summed E-state index contributed by atoms with van der Waals surface area (Å²) in [4.78, 5) is 17.0. The number of imidazole rings is 1. The summed E-state index contributed by atoms with van der Waals surface area (Å²) in [6.45, 7) is 13.6. The Morgan fingerprint density at radius 2 is 1.81 bits per heavy atom. The summed E-state index contributed by atoms with van der Waals surface area (Å²) in [5.74, 6) is 1.23. The van der Waals surface area contributed by atoms with Crippen molar-refractivity contribution < 1.29 is 42.1 Å². The van der Waals surface area contributed by atoms with Crippen LogP contribution in [0.3, 0.4) is 0 Å². The standard InChI is InChI=1S/C23H26N3O.C2H6.C2H5.Y/c1-4-23(2,16-17-15-21(27)20-11-7-8-13-26(17)20)19-10-6-5-9-18(19)22-24-12-14-25(22)3;2*1-2;/h5-14,17H,4,15-16H2,1-3H3;1-2H3;1H2,2H3;/q+1;;-1;/t17-,23?;;;/m1.../s1. The van der Waals surface area contributed by atoms with Gasteiger partial charge in [0, 0.05) is 76.3 Å². The number of hydrogen-bond donors (Lipinski definition) is 0. The van der Waals surface area contributed by atoms with Gasteiger partial charge in [0.25, 0.3) is 0 Å². The van der Waals surface area contributed by atoms with Gasteiger partial charge in [0.1, 0.15) is 5.82 Å². The fourth-order valence-electron chi connectivity index (χ4n) is 4.39. The summed E-state index contributed by atoms with van der Waals surface area (Å²) in [6.07, 6.45) is 8.39. The number of rotatable bonds is 5. The van der Waals surface area contributed by atoms with Crippen LogP contribution >= 0.6 is 0 Å². The number of aryl methyl sites for hydroxylation is 1. The number of Topliss-reactive ketones (excluding diaryl/α,β-unsaturated/α-hetero) is 1. The molecule has 1 aromatic carbocycles. The first-order chi connectivity index (χ1) is 15.0. The Morgan fingerprint density at radius 1 is 1.16 bits per heavy atom. The molecule has 0 amide bonds. The number of fused-ring (bicyclic) bond motifs is 1. The fourth-order valence-corrected chi connectivity index (χ4v) is 4.39. The molecule has 5 heteroatoms. The summed E-state index contributed by atoms with van der Waals surface area (Å²) in [5.41, 5.74) is 3.27. The van der Waals surface area contributed by atoms with Gasteiger partial charge in [-0.05, 0) is 23.5 Å². The SMILES string of the molecule is CC.CCC(C)(C[C@H]1CC(=O)c2cccc[n+]21)c1ccccc1-c1nccn1C.[CH2-]C.[Y]. The van der Waals surface area contributed by atoms with Crippen molar-refractivity contribution in [2.75, 3.05) is 0 Å². The van der Waals surface area contributed by atoms with Gasteiger partial charge in [-0.1, -0.05) is 52.0 Å². The first-order valence-electron chi connectivity index (χ1n) is 11.3. The third-order valence-electron chi connectivity index (χ3n) is 6.10. The Morgan fingerprint density at radius 3 is 2.44 bits per heavy atom. The molecule has 0 fully saturated rings. The minimum atomic E-state index is -0.0437. The quantitative estimate of drug-likeness (QED) is 0.308. The number of benzene rings is 1. The number of hydrogen-bond acceptors (Lipinski definition) is 2. The van der Waals surface area contributed by atoms with Crippen LogP contribution in [0, 0.1) is 6.92 Å². The zero-order chi connectivity index (χ0) is 23.0. The molecule has 3 heterocycles. The van der Waals surface area contributed by atoms with E-state index in [9.17, 15) is 4.79 Å². The van der Waals surface area contributed by atoms with Crippen molar-refractivity contribution in [3.8, 4) is 11.4 Å². The fraction of sp³-hybridized carbons (Fsp3) is 0.407. The largest absolute Gasteiger partial charge is 0.346 e. The van der Waals surface area contributed by atoms with Crippen LogP contribution in [0.5, 0.6) is 0 Å². The molecule has 32 heavy (non-hydrogen) atoms. The van der Waals surface area contributed by atoms with Crippen LogP contribution in [0.15, 0.2) is 61.1 Å². The second-order valence-electron chi connectivity index (χ2n) is 7.80.